The lowest BCUT2D eigenvalue weighted by atomic mass is 10.2. The summed E-state index contributed by atoms with van der Waals surface area (Å²) in [4.78, 5) is 16.0. The molecule has 148 valence electrons. The van der Waals surface area contributed by atoms with Crippen LogP contribution in [0.5, 0.6) is 5.75 Å². The molecule has 0 aliphatic heterocycles. The van der Waals surface area contributed by atoms with Gasteiger partial charge in [-0.05, 0) is 30.2 Å². The van der Waals surface area contributed by atoms with Gasteiger partial charge in [-0.15, -0.1) is 0 Å². The average molecular weight is 423 g/mol. The number of aryl methyl sites for hydroxylation is 1. The molecule has 0 fully saturated rings. The molecule has 1 N–H and O–H groups in total. The molecule has 28 heavy (non-hydrogen) atoms. The second-order valence-corrected chi connectivity index (χ2v) is 9.45. The number of pyridine rings is 1. The SMILES string of the molecule is CCc1ccc2nc(S(C)(=O)=O)c(S(=O)(=O)NC(=O)Oc3ccccc3)n2c1. The molecule has 1 aromatic carbocycles. The summed E-state index contributed by atoms with van der Waals surface area (Å²) in [6.45, 7) is 1.86. The summed E-state index contributed by atoms with van der Waals surface area (Å²) in [5.41, 5.74) is 0.877. The van der Waals surface area contributed by atoms with Crippen LogP contribution in [0.2, 0.25) is 0 Å². The van der Waals surface area contributed by atoms with Gasteiger partial charge in [0.25, 0.3) is 10.0 Å². The van der Waals surface area contributed by atoms with Crippen molar-refractivity contribution in [2.24, 2.45) is 0 Å². The fourth-order valence-electron chi connectivity index (χ4n) is 2.52. The van der Waals surface area contributed by atoms with E-state index in [0.29, 0.717) is 6.42 Å². The van der Waals surface area contributed by atoms with Gasteiger partial charge in [-0.2, -0.15) is 8.42 Å². The highest BCUT2D eigenvalue weighted by Crippen LogP contribution is 2.23. The number of nitrogens with zero attached hydrogens (tertiary/aromatic N) is 2. The van der Waals surface area contributed by atoms with Crippen molar-refractivity contribution in [3.63, 3.8) is 0 Å². The van der Waals surface area contributed by atoms with Crippen LogP contribution in [0.1, 0.15) is 12.5 Å². The summed E-state index contributed by atoms with van der Waals surface area (Å²) >= 11 is 0. The molecule has 0 bridgehead atoms. The summed E-state index contributed by atoms with van der Waals surface area (Å²) in [5.74, 6) is 0.130. The minimum atomic E-state index is -4.60. The van der Waals surface area contributed by atoms with Gasteiger partial charge in [-0.25, -0.2) is 22.9 Å². The Labute approximate surface area is 161 Å². The molecule has 0 unspecified atom stereocenters. The minimum absolute atomic E-state index is 0.120. The number of ether oxygens (including phenoxy) is 1. The van der Waals surface area contributed by atoms with Crippen molar-refractivity contribution < 1.29 is 26.4 Å². The number of sulfone groups is 1. The van der Waals surface area contributed by atoms with Crippen LogP contribution in [0, 0.1) is 0 Å². The van der Waals surface area contributed by atoms with E-state index in [9.17, 15) is 21.6 Å². The van der Waals surface area contributed by atoms with Gasteiger partial charge in [0.2, 0.25) is 0 Å². The lowest BCUT2D eigenvalue weighted by Crippen LogP contribution is -2.34. The van der Waals surface area contributed by atoms with Crippen LogP contribution >= 0.6 is 0 Å². The van der Waals surface area contributed by atoms with Crippen LogP contribution in [-0.2, 0) is 26.3 Å². The number of hydrogen-bond acceptors (Lipinski definition) is 7. The van der Waals surface area contributed by atoms with Crippen LogP contribution in [-0.4, -0.2) is 38.6 Å². The Bertz CT molecular complexity index is 1250. The third kappa shape index (κ3) is 3.99. The first-order chi connectivity index (χ1) is 13.1. The molecule has 0 radical (unpaired) electrons. The average Bonchev–Trinajstić information content (AvgIpc) is 3.01. The van der Waals surface area contributed by atoms with Crippen LogP contribution in [0.3, 0.4) is 0 Å². The molecule has 0 atom stereocenters. The van der Waals surface area contributed by atoms with Crippen molar-refractivity contribution in [1.29, 1.82) is 0 Å². The number of carbonyl (C=O) groups is 1. The van der Waals surface area contributed by atoms with Gasteiger partial charge >= 0.3 is 6.09 Å². The third-order valence-electron chi connectivity index (χ3n) is 3.79. The van der Waals surface area contributed by atoms with E-state index < -0.39 is 36.0 Å². The number of amides is 1. The number of benzene rings is 1. The van der Waals surface area contributed by atoms with Gasteiger partial charge < -0.3 is 4.74 Å². The molecule has 0 aliphatic carbocycles. The number of carbonyl (C=O) groups excluding carboxylic acids is 1. The Hall–Kier alpha value is -2.92. The molecular formula is C17H17N3O6S2. The number of rotatable bonds is 5. The van der Waals surface area contributed by atoms with E-state index in [0.717, 1.165) is 16.2 Å². The second kappa shape index (κ2) is 7.24. The second-order valence-electron chi connectivity index (χ2n) is 5.92. The lowest BCUT2D eigenvalue weighted by Gasteiger charge is -2.09. The van der Waals surface area contributed by atoms with Crippen LogP contribution in [0.15, 0.2) is 58.7 Å². The first-order valence-electron chi connectivity index (χ1n) is 8.12. The zero-order valence-corrected chi connectivity index (χ0v) is 16.6. The minimum Gasteiger partial charge on any atom is -0.410 e. The number of imidazole rings is 1. The Kier molecular flexibility index (Phi) is 5.13. The molecule has 1 amide bonds. The van der Waals surface area contributed by atoms with E-state index in [1.54, 1.807) is 29.0 Å². The molecule has 9 nitrogen and oxygen atoms in total. The highest BCUT2D eigenvalue weighted by atomic mass is 32.2. The normalized spacial score (nSPS) is 12.1. The van der Waals surface area contributed by atoms with E-state index in [1.165, 1.54) is 24.4 Å². The number of nitrogens with one attached hydrogen (secondary N) is 1. The Morgan fingerprint density at radius 2 is 1.79 bits per heavy atom. The zero-order chi connectivity index (χ0) is 20.5. The van der Waals surface area contributed by atoms with E-state index in [-0.39, 0.29) is 11.4 Å². The predicted molar refractivity (Wildman–Crippen MR) is 100 cm³/mol. The number of para-hydroxylation sites is 1. The molecule has 2 aromatic heterocycles. The molecule has 3 aromatic rings. The van der Waals surface area contributed by atoms with Crippen molar-refractivity contribution in [3.8, 4) is 5.75 Å². The van der Waals surface area contributed by atoms with Crippen molar-refractivity contribution in [2.45, 2.75) is 23.4 Å². The van der Waals surface area contributed by atoms with Crippen LogP contribution in [0.25, 0.3) is 5.65 Å². The molecule has 11 heteroatoms. The first kappa shape index (κ1) is 19.8. The summed E-state index contributed by atoms with van der Waals surface area (Å²) < 4.78 is 57.7. The highest BCUT2D eigenvalue weighted by Gasteiger charge is 2.32. The van der Waals surface area contributed by atoms with E-state index >= 15 is 0 Å². The topological polar surface area (TPSA) is 124 Å². The summed E-state index contributed by atoms with van der Waals surface area (Å²) in [6, 6.07) is 11.1. The van der Waals surface area contributed by atoms with Crippen molar-refractivity contribution in [2.75, 3.05) is 6.26 Å². The van der Waals surface area contributed by atoms with Crippen molar-refractivity contribution in [1.82, 2.24) is 14.1 Å². The number of sulfonamides is 1. The number of fused-ring (bicyclic) bond motifs is 1. The number of hydrogen-bond donors (Lipinski definition) is 1. The molecular weight excluding hydrogens is 406 g/mol. The standard InChI is InChI=1S/C17H17N3O6S2/c1-3-12-9-10-14-18-15(27(2,22)23)16(20(14)11-12)28(24,25)19-17(21)26-13-7-5-4-6-8-13/h4-11H,3H2,1-2H3,(H,19,21). The predicted octanol–water partition coefficient (Wildman–Crippen LogP) is 1.78. The van der Waals surface area contributed by atoms with Gasteiger partial charge in [0.15, 0.2) is 19.9 Å². The molecule has 0 spiro atoms. The maximum Gasteiger partial charge on any atom is 0.426 e. The lowest BCUT2D eigenvalue weighted by molar-refractivity contribution is 0.206. The maximum absolute atomic E-state index is 12.8. The fourth-order valence-corrected chi connectivity index (χ4v) is 5.01. The largest absolute Gasteiger partial charge is 0.426 e. The maximum atomic E-state index is 12.8. The third-order valence-corrected chi connectivity index (χ3v) is 6.24. The summed E-state index contributed by atoms with van der Waals surface area (Å²) in [5, 5.41) is -1.30. The zero-order valence-electron chi connectivity index (χ0n) is 15.0. The van der Waals surface area contributed by atoms with E-state index in [4.69, 9.17) is 4.74 Å². The highest BCUT2D eigenvalue weighted by molar-refractivity contribution is 7.93. The Morgan fingerprint density at radius 3 is 2.39 bits per heavy atom. The Morgan fingerprint density at radius 1 is 1.11 bits per heavy atom. The van der Waals surface area contributed by atoms with Gasteiger partial charge in [-0.3, -0.25) is 4.40 Å². The molecule has 3 rings (SSSR count). The van der Waals surface area contributed by atoms with Crippen molar-refractivity contribution in [3.05, 3.63) is 54.2 Å². The van der Waals surface area contributed by atoms with Crippen LogP contribution < -0.4 is 9.46 Å². The van der Waals surface area contributed by atoms with Gasteiger partial charge in [-0.1, -0.05) is 31.2 Å². The van der Waals surface area contributed by atoms with Crippen molar-refractivity contribution >= 4 is 31.6 Å². The number of aromatic nitrogens is 2. The first-order valence-corrected chi connectivity index (χ1v) is 11.5. The van der Waals surface area contributed by atoms with Crippen LogP contribution in [0.4, 0.5) is 4.79 Å². The van der Waals surface area contributed by atoms with Gasteiger partial charge in [0, 0.05) is 12.5 Å². The van der Waals surface area contributed by atoms with E-state index in [2.05, 4.69) is 4.98 Å². The van der Waals surface area contributed by atoms with E-state index in [1.807, 2.05) is 6.92 Å². The fraction of sp³-hybridized carbons (Fsp3) is 0.176. The van der Waals surface area contributed by atoms with Gasteiger partial charge in [0.05, 0.1) is 0 Å². The summed E-state index contributed by atoms with van der Waals surface area (Å²) in [7, 11) is -8.60. The quantitative estimate of drug-likeness (QED) is 0.663. The molecule has 0 saturated heterocycles. The van der Waals surface area contributed by atoms with Gasteiger partial charge in [0.1, 0.15) is 11.4 Å². The monoisotopic (exact) mass is 423 g/mol. The summed E-state index contributed by atoms with van der Waals surface area (Å²) in [6.07, 6.45) is 1.63. The molecule has 0 aliphatic rings. The molecule has 0 saturated carbocycles. The Balaban J connectivity index is 2.08. The smallest absolute Gasteiger partial charge is 0.410 e. The molecule has 2 heterocycles.